The number of hydrogen-bond acceptors (Lipinski definition) is 2. The maximum atomic E-state index is 13.3. The van der Waals surface area contributed by atoms with Gasteiger partial charge in [-0.1, -0.05) is 63.1 Å². The number of carbonyl (C=O) groups excluding carboxylic acids is 1. The fourth-order valence-corrected chi connectivity index (χ4v) is 3.56. The number of benzene rings is 2. The van der Waals surface area contributed by atoms with E-state index >= 15 is 0 Å². The zero-order chi connectivity index (χ0) is 18.5. The molecule has 0 aliphatic heterocycles. The number of aromatic nitrogens is 1. The average Bonchev–Trinajstić information content (AvgIpc) is 3.06. The molecule has 1 unspecified atom stereocenters. The lowest BCUT2D eigenvalue weighted by molar-refractivity contribution is 0.0966. The number of Topliss-reactive ketones (excluding diaryl/α,β-unsaturated/α-hetero) is 1. The van der Waals surface area contributed by atoms with E-state index in [-0.39, 0.29) is 11.7 Å². The standard InChI is InChI=1S/C23H27NO2/c1-4-5-10-15-24-16-20(19-12-6-8-13-21(19)24)23(25)17(2)18-11-7-9-14-22(18)26-3/h6-9,11-14,16-17H,4-5,10,15H2,1-3H3. The summed E-state index contributed by atoms with van der Waals surface area (Å²) in [6.07, 6.45) is 5.56. The summed E-state index contributed by atoms with van der Waals surface area (Å²) < 4.78 is 7.68. The molecule has 3 rings (SSSR count). The quantitative estimate of drug-likeness (QED) is 0.379. The van der Waals surface area contributed by atoms with Crippen LogP contribution in [0.2, 0.25) is 0 Å². The summed E-state index contributed by atoms with van der Waals surface area (Å²) in [7, 11) is 1.65. The van der Waals surface area contributed by atoms with Crippen LogP contribution in [0.15, 0.2) is 54.7 Å². The van der Waals surface area contributed by atoms with Gasteiger partial charge in [-0.2, -0.15) is 0 Å². The summed E-state index contributed by atoms with van der Waals surface area (Å²) in [4.78, 5) is 13.3. The van der Waals surface area contributed by atoms with E-state index in [9.17, 15) is 4.79 Å². The van der Waals surface area contributed by atoms with Crippen LogP contribution in [0.1, 0.15) is 54.9 Å². The van der Waals surface area contributed by atoms with Crippen molar-refractivity contribution in [3.8, 4) is 5.75 Å². The molecule has 3 aromatic rings. The highest BCUT2D eigenvalue weighted by atomic mass is 16.5. The van der Waals surface area contributed by atoms with Crippen molar-refractivity contribution >= 4 is 16.7 Å². The van der Waals surface area contributed by atoms with Gasteiger partial charge in [-0.05, 0) is 18.6 Å². The summed E-state index contributed by atoms with van der Waals surface area (Å²) >= 11 is 0. The van der Waals surface area contributed by atoms with Crippen molar-refractivity contribution in [2.75, 3.05) is 7.11 Å². The highest BCUT2D eigenvalue weighted by Crippen LogP contribution is 2.32. The Labute approximate surface area is 155 Å². The average molecular weight is 349 g/mol. The third-order valence-corrected chi connectivity index (χ3v) is 5.06. The Morgan fingerprint density at radius 3 is 2.58 bits per heavy atom. The van der Waals surface area contributed by atoms with Crippen LogP contribution in [0.5, 0.6) is 5.75 Å². The minimum Gasteiger partial charge on any atom is -0.496 e. The molecule has 0 amide bonds. The number of ketones is 1. The predicted octanol–water partition coefficient (Wildman–Crippen LogP) is 5.83. The summed E-state index contributed by atoms with van der Waals surface area (Å²) in [6.45, 7) is 5.12. The molecule has 0 saturated carbocycles. The van der Waals surface area contributed by atoms with Crippen molar-refractivity contribution in [3.05, 3.63) is 65.9 Å². The molecule has 2 aromatic carbocycles. The van der Waals surface area contributed by atoms with E-state index in [0.29, 0.717) is 0 Å². The number of para-hydroxylation sites is 2. The molecule has 0 fully saturated rings. The van der Waals surface area contributed by atoms with Crippen LogP contribution >= 0.6 is 0 Å². The molecule has 3 heteroatoms. The molecule has 3 nitrogen and oxygen atoms in total. The van der Waals surface area contributed by atoms with E-state index in [1.807, 2.05) is 55.6 Å². The molecule has 1 heterocycles. The lowest BCUT2D eigenvalue weighted by Crippen LogP contribution is -2.10. The molecule has 1 atom stereocenters. The monoisotopic (exact) mass is 349 g/mol. The first-order valence-electron chi connectivity index (χ1n) is 9.42. The number of ether oxygens (including phenoxy) is 1. The molecule has 0 spiro atoms. The number of aryl methyl sites for hydroxylation is 1. The first-order chi connectivity index (χ1) is 12.7. The van der Waals surface area contributed by atoms with Gasteiger partial charge in [0.1, 0.15) is 5.75 Å². The van der Waals surface area contributed by atoms with Gasteiger partial charge in [-0.3, -0.25) is 4.79 Å². The number of hydrogen-bond donors (Lipinski definition) is 0. The van der Waals surface area contributed by atoms with Gasteiger partial charge < -0.3 is 9.30 Å². The van der Waals surface area contributed by atoms with Gasteiger partial charge in [-0.15, -0.1) is 0 Å². The smallest absolute Gasteiger partial charge is 0.172 e. The Kier molecular flexibility index (Phi) is 5.77. The topological polar surface area (TPSA) is 31.2 Å². The normalized spacial score (nSPS) is 12.3. The number of fused-ring (bicyclic) bond motifs is 1. The first kappa shape index (κ1) is 18.2. The Balaban J connectivity index is 1.97. The van der Waals surface area contributed by atoms with Crippen LogP contribution in [0.25, 0.3) is 10.9 Å². The Morgan fingerprint density at radius 1 is 1.08 bits per heavy atom. The highest BCUT2D eigenvalue weighted by Gasteiger charge is 2.23. The van der Waals surface area contributed by atoms with E-state index in [4.69, 9.17) is 4.74 Å². The number of rotatable bonds is 8. The fraction of sp³-hybridized carbons (Fsp3) is 0.348. The summed E-state index contributed by atoms with van der Waals surface area (Å²) in [5.41, 5.74) is 2.87. The molecule has 1 aromatic heterocycles. The summed E-state index contributed by atoms with van der Waals surface area (Å²) in [5, 5.41) is 1.04. The lowest BCUT2D eigenvalue weighted by Gasteiger charge is -2.14. The van der Waals surface area contributed by atoms with Crippen LogP contribution < -0.4 is 4.74 Å². The molecule has 0 N–H and O–H groups in total. The highest BCUT2D eigenvalue weighted by molar-refractivity contribution is 6.11. The second-order valence-corrected chi connectivity index (χ2v) is 6.79. The van der Waals surface area contributed by atoms with Crippen molar-refractivity contribution in [3.63, 3.8) is 0 Å². The van der Waals surface area contributed by atoms with E-state index in [1.165, 1.54) is 12.8 Å². The molecule has 0 radical (unpaired) electrons. The molecule has 26 heavy (non-hydrogen) atoms. The van der Waals surface area contributed by atoms with Crippen molar-refractivity contribution < 1.29 is 9.53 Å². The second-order valence-electron chi connectivity index (χ2n) is 6.79. The first-order valence-corrected chi connectivity index (χ1v) is 9.42. The summed E-state index contributed by atoms with van der Waals surface area (Å²) in [6, 6.07) is 16.0. The minimum atomic E-state index is -0.249. The lowest BCUT2D eigenvalue weighted by atomic mass is 9.91. The van der Waals surface area contributed by atoms with Crippen molar-refractivity contribution in [1.82, 2.24) is 4.57 Å². The van der Waals surface area contributed by atoms with Gasteiger partial charge in [0.05, 0.1) is 7.11 Å². The molecular weight excluding hydrogens is 322 g/mol. The third-order valence-electron chi connectivity index (χ3n) is 5.06. The Morgan fingerprint density at radius 2 is 1.81 bits per heavy atom. The number of methoxy groups -OCH3 is 1. The van der Waals surface area contributed by atoms with E-state index in [0.717, 1.165) is 40.7 Å². The molecular formula is C23H27NO2. The van der Waals surface area contributed by atoms with Crippen LogP contribution in [-0.2, 0) is 6.54 Å². The SMILES string of the molecule is CCCCCn1cc(C(=O)C(C)c2ccccc2OC)c2ccccc21. The van der Waals surface area contributed by atoms with E-state index in [2.05, 4.69) is 17.6 Å². The van der Waals surface area contributed by atoms with Gasteiger partial charge >= 0.3 is 0 Å². The van der Waals surface area contributed by atoms with Crippen LogP contribution in [0, 0.1) is 0 Å². The van der Waals surface area contributed by atoms with Crippen LogP contribution in [0.3, 0.4) is 0 Å². The van der Waals surface area contributed by atoms with Crippen LogP contribution in [-0.4, -0.2) is 17.5 Å². The predicted molar refractivity (Wildman–Crippen MR) is 107 cm³/mol. The number of carbonyl (C=O) groups is 1. The zero-order valence-electron chi connectivity index (χ0n) is 15.9. The van der Waals surface area contributed by atoms with Gasteiger partial charge in [0.15, 0.2) is 5.78 Å². The largest absolute Gasteiger partial charge is 0.496 e. The number of unbranched alkanes of at least 4 members (excludes halogenated alkanes) is 2. The van der Waals surface area contributed by atoms with Gasteiger partial charge in [-0.25, -0.2) is 0 Å². The van der Waals surface area contributed by atoms with Crippen molar-refractivity contribution in [2.45, 2.75) is 45.6 Å². The summed E-state index contributed by atoms with van der Waals surface area (Å²) in [5.74, 6) is 0.654. The van der Waals surface area contributed by atoms with Crippen molar-refractivity contribution in [2.24, 2.45) is 0 Å². The Hall–Kier alpha value is -2.55. The molecule has 136 valence electrons. The third kappa shape index (κ3) is 3.52. The zero-order valence-corrected chi connectivity index (χ0v) is 15.9. The van der Waals surface area contributed by atoms with E-state index < -0.39 is 0 Å². The second kappa shape index (κ2) is 8.22. The fourth-order valence-electron chi connectivity index (χ4n) is 3.56. The van der Waals surface area contributed by atoms with Gasteiger partial charge in [0.2, 0.25) is 0 Å². The van der Waals surface area contributed by atoms with Gasteiger partial charge in [0, 0.05) is 40.7 Å². The maximum Gasteiger partial charge on any atom is 0.172 e. The number of nitrogens with zero attached hydrogens (tertiary/aromatic N) is 1. The minimum absolute atomic E-state index is 0.139. The van der Waals surface area contributed by atoms with Crippen LogP contribution in [0.4, 0.5) is 0 Å². The molecule has 0 aliphatic carbocycles. The molecule has 0 saturated heterocycles. The Bertz CT molecular complexity index is 894. The maximum absolute atomic E-state index is 13.3. The molecule has 0 bridgehead atoms. The van der Waals surface area contributed by atoms with E-state index in [1.54, 1.807) is 7.11 Å². The van der Waals surface area contributed by atoms with Gasteiger partial charge in [0.25, 0.3) is 0 Å². The molecule has 0 aliphatic rings. The van der Waals surface area contributed by atoms with Crippen molar-refractivity contribution in [1.29, 1.82) is 0 Å².